The molecular formula is C13H18N2. The molecule has 0 fully saturated rings. The zero-order valence-electron chi connectivity index (χ0n) is 9.51. The fourth-order valence-electron chi connectivity index (χ4n) is 2.10. The number of nitrogens with one attached hydrogen (secondary N) is 1. The second-order valence-corrected chi connectivity index (χ2v) is 4.13. The normalized spacial score (nSPS) is 14.9. The van der Waals surface area contributed by atoms with Crippen molar-refractivity contribution in [1.82, 2.24) is 5.32 Å². The molecule has 0 bridgehead atoms. The molecule has 0 unspecified atom stereocenters. The maximum Gasteiger partial charge on any atom is 0.0967 e. The van der Waals surface area contributed by atoms with E-state index < -0.39 is 0 Å². The molecule has 0 aliphatic carbocycles. The first kappa shape index (κ1) is 10.2. The molecule has 1 heterocycles. The summed E-state index contributed by atoms with van der Waals surface area (Å²) in [7, 11) is 0. The number of hydrogen-bond donors (Lipinski definition) is 1. The second-order valence-electron chi connectivity index (χ2n) is 4.13. The summed E-state index contributed by atoms with van der Waals surface area (Å²) in [5.41, 5.74) is 4.27. The van der Waals surface area contributed by atoms with Crippen molar-refractivity contribution in [3.05, 3.63) is 34.9 Å². The molecule has 1 aromatic rings. The zero-order valence-corrected chi connectivity index (χ0v) is 9.51. The second kappa shape index (κ2) is 4.47. The third-order valence-electron chi connectivity index (χ3n) is 3.00. The fraction of sp³-hybridized carbons (Fsp3) is 0.462. The van der Waals surface area contributed by atoms with Crippen LogP contribution in [0.2, 0.25) is 0 Å². The van der Waals surface area contributed by atoms with Crippen LogP contribution in [0.25, 0.3) is 0 Å². The minimum Gasteiger partial charge on any atom is -0.372 e. The summed E-state index contributed by atoms with van der Waals surface area (Å²) in [5, 5.41) is 3.32. The van der Waals surface area contributed by atoms with E-state index in [2.05, 4.69) is 42.4 Å². The Morgan fingerprint density at radius 2 is 1.93 bits per heavy atom. The van der Waals surface area contributed by atoms with E-state index >= 15 is 0 Å². The summed E-state index contributed by atoms with van der Waals surface area (Å²) < 4.78 is 0. The van der Waals surface area contributed by atoms with E-state index in [9.17, 15) is 0 Å². The summed E-state index contributed by atoms with van der Waals surface area (Å²) in [6.07, 6.45) is 2.15. The first-order valence-corrected chi connectivity index (χ1v) is 5.59. The standard InChI is InChI=1S/C13H18N2/c1-10-4-3-5-11(2)12(10)6-7-13-14-8-9-15-13/h3-5H,6-9H2,1-2H3,(H,14,15). The van der Waals surface area contributed by atoms with E-state index in [4.69, 9.17) is 0 Å². The predicted octanol–water partition coefficient (Wildman–Crippen LogP) is 2.24. The van der Waals surface area contributed by atoms with Crippen LogP contribution in [0, 0.1) is 13.8 Å². The molecule has 1 N–H and O–H groups in total. The molecule has 0 saturated heterocycles. The quantitative estimate of drug-likeness (QED) is 0.798. The van der Waals surface area contributed by atoms with Gasteiger partial charge >= 0.3 is 0 Å². The highest BCUT2D eigenvalue weighted by Crippen LogP contribution is 2.15. The van der Waals surface area contributed by atoms with Crippen LogP contribution in [0.3, 0.4) is 0 Å². The van der Waals surface area contributed by atoms with Crippen LogP contribution >= 0.6 is 0 Å². The lowest BCUT2D eigenvalue weighted by Crippen LogP contribution is -2.19. The van der Waals surface area contributed by atoms with Gasteiger partial charge in [-0.25, -0.2) is 0 Å². The number of rotatable bonds is 3. The molecule has 1 aliphatic rings. The van der Waals surface area contributed by atoms with E-state index in [1.54, 1.807) is 0 Å². The van der Waals surface area contributed by atoms with Crippen LogP contribution < -0.4 is 5.32 Å². The minimum absolute atomic E-state index is 0.947. The fourth-order valence-corrected chi connectivity index (χ4v) is 2.10. The third-order valence-corrected chi connectivity index (χ3v) is 3.00. The summed E-state index contributed by atoms with van der Waals surface area (Å²) in [6.45, 7) is 6.34. The molecule has 15 heavy (non-hydrogen) atoms. The Bertz CT molecular complexity index is 360. The molecule has 0 radical (unpaired) electrons. The topological polar surface area (TPSA) is 24.4 Å². The Morgan fingerprint density at radius 1 is 1.20 bits per heavy atom. The monoisotopic (exact) mass is 202 g/mol. The van der Waals surface area contributed by atoms with Gasteiger partial charge in [-0.3, -0.25) is 4.99 Å². The molecule has 2 heteroatoms. The van der Waals surface area contributed by atoms with Crippen molar-refractivity contribution in [2.45, 2.75) is 26.7 Å². The average Bonchev–Trinajstić information content (AvgIpc) is 2.70. The lowest BCUT2D eigenvalue weighted by molar-refractivity contribution is 0.928. The highest BCUT2D eigenvalue weighted by Gasteiger charge is 2.07. The lowest BCUT2D eigenvalue weighted by Gasteiger charge is -2.09. The number of aliphatic imine (C=N–C) groups is 1. The van der Waals surface area contributed by atoms with Crippen LogP contribution in [-0.4, -0.2) is 18.9 Å². The number of hydrogen-bond acceptors (Lipinski definition) is 2. The highest BCUT2D eigenvalue weighted by atomic mass is 15.1. The van der Waals surface area contributed by atoms with Gasteiger partial charge in [0, 0.05) is 13.0 Å². The van der Waals surface area contributed by atoms with E-state index in [0.717, 1.165) is 25.9 Å². The smallest absolute Gasteiger partial charge is 0.0967 e. The molecule has 2 rings (SSSR count). The van der Waals surface area contributed by atoms with Gasteiger partial charge in [0.1, 0.15) is 0 Å². The zero-order chi connectivity index (χ0) is 10.7. The van der Waals surface area contributed by atoms with Gasteiger partial charge in [0.25, 0.3) is 0 Å². The first-order chi connectivity index (χ1) is 7.27. The largest absolute Gasteiger partial charge is 0.372 e. The van der Waals surface area contributed by atoms with Gasteiger partial charge < -0.3 is 5.32 Å². The Kier molecular flexibility index (Phi) is 3.05. The van der Waals surface area contributed by atoms with Gasteiger partial charge in [0.15, 0.2) is 0 Å². The predicted molar refractivity (Wildman–Crippen MR) is 64.5 cm³/mol. The molecule has 0 spiro atoms. The van der Waals surface area contributed by atoms with Crippen LogP contribution in [0.4, 0.5) is 0 Å². The van der Waals surface area contributed by atoms with E-state index in [0.29, 0.717) is 0 Å². The Hall–Kier alpha value is -1.31. The van der Waals surface area contributed by atoms with Gasteiger partial charge in [-0.1, -0.05) is 18.2 Å². The number of nitrogens with zero attached hydrogens (tertiary/aromatic N) is 1. The van der Waals surface area contributed by atoms with Crippen molar-refractivity contribution in [3.8, 4) is 0 Å². The van der Waals surface area contributed by atoms with Gasteiger partial charge in [-0.2, -0.15) is 0 Å². The van der Waals surface area contributed by atoms with E-state index in [1.807, 2.05) is 0 Å². The van der Waals surface area contributed by atoms with E-state index in [-0.39, 0.29) is 0 Å². The molecule has 1 aliphatic heterocycles. The maximum absolute atomic E-state index is 4.42. The summed E-state index contributed by atoms with van der Waals surface area (Å²) in [4.78, 5) is 4.42. The van der Waals surface area contributed by atoms with E-state index in [1.165, 1.54) is 22.5 Å². The lowest BCUT2D eigenvalue weighted by atomic mass is 9.98. The number of amidine groups is 1. The van der Waals surface area contributed by atoms with Crippen LogP contribution in [-0.2, 0) is 6.42 Å². The SMILES string of the molecule is Cc1cccc(C)c1CCC1=NCCN1. The summed E-state index contributed by atoms with van der Waals surface area (Å²) in [6, 6.07) is 6.50. The molecule has 0 atom stereocenters. The molecule has 2 nitrogen and oxygen atoms in total. The van der Waals surface area contributed by atoms with Gasteiger partial charge in [-0.15, -0.1) is 0 Å². The van der Waals surface area contributed by atoms with Gasteiger partial charge in [-0.05, 0) is 37.0 Å². The molecule has 80 valence electrons. The van der Waals surface area contributed by atoms with Gasteiger partial charge in [0.2, 0.25) is 0 Å². The molecule has 0 amide bonds. The minimum atomic E-state index is 0.947. The molecular weight excluding hydrogens is 184 g/mol. The average molecular weight is 202 g/mol. The Morgan fingerprint density at radius 3 is 2.53 bits per heavy atom. The first-order valence-electron chi connectivity index (χ1n) is 5.59. The Balaban J connectivity index is 2.04. The van der Waals surface area contributed by atoms with Crippen LogP contribution in [0.1, 0.15) is 23.1 Å². The number of aryl methyl sites for hydroxylation is 2. The molecule has 0 aromatic heterocycles. The van der Waals surface area contributed by atoms with Crippen molar-refractivity contribution in [2.24, 2.45) is 4.99 Å². The van der Waals surface area contributed by atoms with Crippen molar-refractivity contribution in [2.75, 3.05) is 13.1 Å². The van der Waals surface area contributed by atoms with Gasteiger partial charge in [0.05, 0.1) is 12.4 Å². The van der Waals surface area contributed by atoms with Crippen LogP contribution in [0.5, 0.6) is 0 Å². The van der Waals surface area contributed by atoms with Crippen molar-refractivity contribution < 1.29 is 0 Å². The molecule has 1 aromatic carbocycles. The maximum atomic E-state index is 4.42. The molecule has 0 saturated carbocycles. The Labute approximate surface area is 91.4 Å². The van der Waals surface area contributed by atoms with Crippen molar-refractivity contribution in [1.29, 1.82) is 0 Å². The van der Waals surface area contributed by atoms with Crippen molar-refractivity contribution in [3.63, 3.8) is 0 Å². The summed E-state index contributed by atoms with van der Waals surface area (Å²) in [5.74, 6) is 1.18. The van der Waals surface area contributed by atoms with Crippen molar-refractivity contribution >= 4 is 5.84 Å². The third kappa shape index (κ3) is 2.38. The highest BCUT2D eigenvalue weighted by molar-refractivity contribution is 5.83. The number of benzene rings is 1. The van der Waals surface area contributed by atoms with Crippen LogP contribution in [0.15, 0.2) is 23.2 Å². The summed E-state index contributed by atoms with van der Waals surface area (Å²) >= 11 is 0.